The lowest BCUT2D eigenvalue weighted by atomic mass is 9.92. The molecule has 1 unspecified atom stereocenters. The normalized spacial score (nSPS) is 16.4. The third-order valence-electron chi connectivity index (χ3n) is 4.38. The van der Waals surface area contributed by atoms with Crippen LogP contribution in [0.5, 0.6) is 0 Å². The molecule has 0 saturated carbocycles. The Morgan fingerprint density at radius 1 is 1.26 bits per heavy atom. The largest absolute Gasteiger partial charge is 0.359 e. The Bertz CT molecular complexity index is 525. The second kappa shape index (κ2) is 8.89. The molecule has 0 spiro atoms. The maximum Gasteiger partial charge on any atom is 0.244 e. The van der Waals surface area contributed by atoms with Gasteiger partial charge in [0, 0.05) is 26.6 Å². The van der Waals surface area contributed by atoms with E-state index in [9.17, 15) is 9.59 Å². The van der Waals surface area contributed by atoms with Crippen LogP contribution in [0.25, 0.3) is 0 Å². The Labute approximate surface area is 144 Å². The van der Waals surface area contributed by atoms with Gasteiger partial charge in [-0.3, -0.25) is 9.59 Å². The van der Waals surface area contributed by atoms with Gasteiger partial charge in [-0.1, -0.05) is 29.8 Å². The van der Waals surface area contributed by atoms with Crippen molar-refractivity contribution < 1.29 is 9.59 Å². The highest BCUT2D eigenvalue weighted by molar-refractivity contribution is 5.85. The molecule has 5 nitrogen and oxygen atoms in total. The fraction of sp³-hybridized carbons (Fsp3) is 0.529. The minimum atomic E-state index is -0.601. The summed E-state index contributed by atoms with van der Waals surface area (Å²) >= 11 is 0. The minimum absolute atomic E-state index is 0. The van der Waals surface area contributed by atoms with E-state index in [2.05, 4.69) is 5.32 Å². The molecular weight excluding hydrogens is 314 g/mol. The number of aryl methyl sites for hydroxylation is 1. The van der Waals surface area contributed by atoms with Crippen LogP contribution in [0.3, 0.4) is 0 Å². The highest BCUT2D eigenvalue weighted by Crippen LogP contribution is 2.23. The zero-order valence-corrected chi connectivity index (χ0v) is 14.6. The number of amides is 2. The molecule has 1 aliphatic rings. The number of hydrogen-bond acceptors (Lipinski definition) is 3. The summed E-state index contributed by atoms with van der Waals surface area (Å²) in [6, 6.07) is 7.17. The van der Waals surface area contributed by atoms with Crippen molar-refractivity contribution in [2.75, 3.05) is 20.1 Å². The minimum Gasteiger partial charge on any atom is -0.359 e. The van der Waals surface area contributed by atoms with Crippen molar-refractivity contribution in [1.29, 1.82) is 0 Å². The predicted octanol–water partition coefficient (Wildman–Crippen LogP) is 1.79. The van der Waals surface area contributed by atoms with Crippen LogP contribution in [-0.2, 0) is 9.59 Å². The number of carbonyl (C=O) groups is 2. The molecule has 3 N–H and O–H groups in total. The van der Waals surface area contributed by atoms with E-state index in [-0.39, 0.29) is 24.2 Å². The summed E-state index contributed by atoms with van der Waals surface area (Å²) in [6.07, 6.45) is 2.27. The number of rotatable bonds is 4. The Hall–Kier alpha value is -1.59. The van der Waals surface area contributed by atoms with Crippen LogP contribution in [0.4, 0.5) is 0 Å². The molecule has 2 rings (SSSR count). The van der Waals surface area contributed by atoms with E-state index in [0.717, 1.165) is 24.0 Å². The summed E-state index contributed by atoms with van der Waals surface area (Å²) in [5.41, 5.74) is 8.10. The first kappa shape index (κ1) is 19.5. The lowest BCUT2D eigenvalue weighted by Crippen LogP contribution is -2.43. The zero-order chi connectivity index (χ0) is 16.1. The van der Waals surface area contributed by atoms with Crippen molar-refractivity contribution in [3.63, 3.8) is 0 Å². The molecule has 1 atom stereocenters. The number of likely N-dealkylation sites (tertiary alicyclic amines) is 1. The van der Waals surface area contributed by atoms with Gasteiger partial charge in [-0.25, -0.2) is 0 Å². The van der Waals surface area contributed by atoms with Gasteiger partial charge in [-0.15, -0.1) is 12.4 Å². The maximum absolute atomic E-state index is 12.5. The molecular formula is C17H26ClN3O2. The first-order valence-electron chi connectivity index (χ1n) is 7.82. The van der Waals surface area contributed by atoms with Crippen molar-refractivity contribution in [3.8, 4) is 0 Å². The Morgan fingerprint density at radius 3 is 2.35 bits per heavy atom. The monoisotopic (exact) mass is 339 g/mol. The molecule has 0 aromatic heterocycles. The first-order valence-corrected chi connectivity index (χ1v) is 7.82. The van der Waals surface area contributed by atoms with Crippen molar-refractivity contribution in [2.24, 2.45) is 11.7 Å². The molecule has 1 heterocycles. The molecule has 1 aliphatic heterocycles. The van der Waals surface area contributed by atoms with Gasteiger partial charge in [0.2, 0.25) is 11.8 Å². The van der Waals surface area contributed by atoms with Crippen LogP contribution < -0.4 is 11.1 Å². The highest BCUT2D eigenvalue weighted by Gasteiger charge is 2.27. The summed E-state index contributed by atoms with van der Waals surface area (Å²) in [4.78, 5) is 25.7. The fourth-order valence-electron chi connectivity index (χ4n) is 2.83. The van der Waals surface area contributed by atoms with Crippen LogP contribution in [0.1, 0.15) is 36.4 Å². The number of nitrogens with two attached hydrogens (primary N) is 1. The van der Waals surface area contributed by atoms with Crippen molar-refractivity contribution in [2.45, 2.75) is 32.2 Å². The van der Waals surface area contributed by atoms with Gasteiger partial charge in [0.25, 0.3) is 0 Å². The summed E-state index contributed by atoms with van der Waals surface area (Å²) in [5.74, 6) is 0.406. The summed E-state index contributed by atoms with van der Waals surface area (Å²) in [7, 11) is 1.65. The standard InChI is InChI=1S/C17H25N3O2.ClH/c1-12-3-5-14(6-4-12)16(18)17(22)20-9-7-13(8-10-20)11-15(21)19-2;/h3-6,13,16H,7-11,18H2,1-2H3,(H,19,21);1H. The molecule has 23 heavy (non-hydrogen) atoms. The van der Waals surface area contributed by atoms with Gasteiger partial charge in [0.15, 0.2) is 0 Å². The Morgan fingerprint density at radius 2 is 1.83 bits per heavy atom. The summed E-state index contributed by atoms with van der Waals surface area (Å²) in [5, 5.41) is 2.65. The van der Waals surface area contributed by atoms with Crippen LogP contribution >= 0.6 is 12.4 Å². The molecule has 2 amide bonds. The smallest absolute Gasteiger partial charge is 0.244 e. The van der Waals surface area contributed by atoms with Crippen molar-refractivity contribution in [3.05, 3.63) is 35.4 Å². The molecule has 0 bridgehead atoms. The number of nitrogens with zero attached hydrogens (tertiary/aromatic N) is 1. The van der Waals surface area contributed by atoms with E-state index in [4.69, 9.17) is 5.73 Å². The molecule has 1 aromatic rings. The SMILES string of the molecule is CNC(=O)CC1CCN(C(=O)C(N)c2ccc(C)cc2)CC1.Cl. The first-order chi connectivity index (χ1) is 10.5. The summed E-state index contributed by atoms with van der Waals surface area (Å²) in [6.45, 7) is 3.37. The van der Waals surface area contributed by atoms with Gasteiger partial charge < -0.3 is 16.0 Å². The number of carbonyl (C=O) groups excluding carboxylic acids is 2. The molecule has 6 heteroatoms. The number of hydrogen-bond donors (Lipinski definition) is 2. The Balaban J connectivity index is 0.00000264. The summed E-state index contributed by atoms with van der Waals surface area (Å²) < 4.78 is 0. The quantitative estimate of drug-likeness (QED) is 0.878. The average Bonchev–Trinajstić information content (AvgIpc) is 2.55. The highest BCUT2D eigenvalue weighted by atomic mass is 35.5. The molecule has 0 aliphatic carbocycles. The number of benzene rings is 1. The van der Waals surface area contributed by atoms with E-state index in [1.807, 2.05) is 36.1 Å². The van der Waals surface area contributed by atoms with Crippen molar-refractivity contribution in [1.82, 2.24) is 10.2 Å². The average molecular weight is 340 g/mol. The molecule has 128 valence electrons. The van der Waals surface area contributed by atoms with E-state index in [0.29, 0.717) is 25.4 Å². The second-order valence-electron chi connectivity index (χ2n) is 6.03. The molecule has 1 fully saturated rings. The lowest BCUT2D eigenvalue weighted by Gasteiger charge is -2.33. The number of halogens is 1. The number of piperidine rings is 1. The second-order valence-corrected chi connectivity index (χ2v) is 6.03. The van der Waals surface area contributed by atoms with Crippen LogP contribution in [-0.4, -0.2) is 36.9 Å². The van der Waals surface area contributed by atoms with E-state index < -0.39 is 6.04 Å². The van der Waals surface area contributed by atoms with Crippen LogP contribution in [0.2, 0.25) is 0 Å². The van der Waals surface area contributed by atoms with E-state index in [1.165, 1.54) is 0 Å². The van der Waals surface area contributed by atoms with Crippen molar-refractivity contribution >= 4 is 24.2 Å². The Kier molecular flexibility index (Phi) is 7.52. The number of nitrogens with one attached hydrogen (secondary N) is 1. The van der Waals surface area contributed by atoms with Crippen LogP contribution in [0, 0.1) is 12.8 Å². The van der Waals surface area contributed by atoms with Gasteiger partial charge in [0.1, 0.15) is 6.04 Å². The lowest BCUT2D eigenvalue weighted by molar-refractivity contribution is -0.134. The topological polar surface area (TPSA) is 75.4 Å². The van der Waals surface area contributed by atoms with Gasteiger partial charge in [0.05, 0.1) is 0 Å². The van der Waals surface area contributed by atoms with E-state index in [1.54, 1.807) is 7.05 Å². The van der Waals surface area contributed by atoms with Gasteiger partial charge in [-0.05, 0) is 31.2 Å². The van der Waals surface area contributed by atoms with Gasteiger partial charge in [-0.2, -0.15) is 0 Å². The van der Waals surface area contributed by atoms with Gasteiger partial charge >= 0.3 is 0 Å². The third-order valence-corrected chi connectivity index (χ3v) is 4.38. The third kappa shape index (κ3) is 5.22. The molecule has 0 radical (unpaired) electrons. The molecule has 1 saturated heterocycles. The van der Waals surface area contributed by atoms with Crippen LogP contribution in [0.15, 0.2) is 24.3 Å². The van der Waals surface area contributed by atoms with E-state index >= 15 is 0 Å². The maximum atomic E-state index is 12.5. The fourth-order valence-corrected chi connectivity index (χ4v) is 2.83. The molecule has 1 aromatic carbocycles. The zero-order valence-electron chi connectivity index (χ0n) is 13.7. The predicted molar refractivity (Wildman–Crippen MR) is 93.3 cm³/mol.